The van der Waals surface area contributed by atoms with Gasteiger partial charge < -0.3 is 9.84 Å². The van der Waals surface area contributed by atoms with E-state index in [-0.39, 0.29) is 6.04 Å². The summed E-state index contributed by atoms with van der Waals surface area (Å²) < 4.78 is 5.47. The van der Waals surface area contributed by atoms with Crippen molar-refractivity contribution >= 4 is 23.5 Å². The van der Waals surface area contributed by atoms with Crippen LogP contribution in [0.2, 0.25) is 0 Å². The van der Waals surface area contributed by atoms with Gasteiger partial charge in [0.2, 0.25) is 5.89 Å². The quantitative estimate of drug-likeness (QED) is 0.905. The predicted octanol–water partition coefficient (Wildman–Crippen LogP) is 3.18. The fourth-order valence-electron chi connectivity index (χ4n) is 2.50. The van der Waals surface area contributed by atoms with Crippen LogP contribution in [0.5, 0.6) is 0 Å². The lowest BCUT2D eigenvalue weighted by Crippen LogP contribution is -2.27. The van der Waals surface area contributed by atoms with Crippen molar-refractivity contribution in [3.8, 4) is 0 Å². The summed E-state index contributed by atoms with van der Waals surface area (Å²) >= 11 is 4.00. The van der Waals surface area contributed by atoms with Crippen molar-refractivity contribution in [3.05, 3.63) is 11.7 Å². The lowest BCUT2D eigenvalue weighted by molar-refractivity contribution is 0.296. The Labute approximate surface area is 122 Å². The monoisotopic (exact) mass is 299 g/mol. The van der Waals surface area contributed by atoms with Crippen molar-refractivity contribution in [2.24, 2.45) is 0 Å². The van der Waals surface area contributed by atoms with Gasteiger partial charge >= 0.3 is 0 Å². The lowest BCUT2D eigenvalue weighted by atomic mass is 10.1. The molecule has 2 fully saturated rings. The van der Waals surface area contributed by atoms with Gasteiger partial charge in [0.25, 0.3) is 0 Å². The highest BCUT2D eigenvalue weighted by molar-refractivity contribution is 8.07. The molecule has 0 saturated carbocycles. The summed E-state index contributed by atoms with van der Waals surface area (Å²) in [5, 5.41) is 9.43. The molecule has 4 nitrogen and oxygen atoms in total. The van der Waals surface area contributed by atoms with Crippen molar-refractivity contribution in [3.63, 3.8) is 0 Å². The molecule has 2 aliphatic heterocycles. The Balaban J connectivity index is 1.67. The van der Waals surface area contributed by atoms with Gasteiger partial charge in [0.15, 0.2) is 5.82 Å². The predicted molar refractivity (Wildman–Crippen MR) is 80.6 cm³/mol. The molecule has 19 heavy (non-hydrogen) atoms. The smallest absolute Gasteiger partial charge is 0.243 e. The summed E-state index contributed by atoms with van der Waals surface area (Å²) in [5.41, 5.74) is 0. The minimum atomic E-state index is 0.271. The van der Waals surface area contributed by atoms with Crippen LogP contribution in [0.4, 0.5) is 0 Å². The van der Waals surface area contributed by atoms with Crippen molar-refractivity contribution in [2.45, 2.75) is 54.9 Å². The number of hydrogen-bond acceptors (Lipinski definition) is 6. The van der Waals surface area contributed by atoms with E-state index in [0.717, 1.165) is 30.4 Å². The summed E-state index contributed by atoms with van der Waals surface area (Å²) in [5.74, 6) is 2.76. The second-order valence-corrected chi connectivity index (χ2v) is 8.36. The Morgan fingerprint density at radius 1 is 1.26 bits per heavy atom. The van der Waals surface area contributed by atoms with Gasteiger partial charge in [0.1, 0.15) is 0 Å². The second-order valence-electron chi connectivity index (χ2n) is 5.36. The molecule has 3 heterocycles. The molecule has 1 aromatic heterocycles. The van der Waals surface area contributed by atoms with Gasteiger partial charge in [0, 0.05) is 16.3 Å². The largest absolute Gasteiger partial charge is 0.338 e. The van der Waals surface area contributed by atoms with Crippen LogP contribution in [-0.2, 0) is 0 Å². The Kier molecular flexibility index (Phi) is 4.39. The molecule has 1 aromatic rings. The highest BCUT2D eigenvalue weighted by Gasteiger charge is 2.31. The van der Waals surface area contributed by atoms with E-state index in [1.54, 1.807) is 0 Å². The number of piperidine rings is 1. The van der Waals surface area contributed by atoms with Crippen LogP contribution < -0.4 is 5.32 Å². The minimum absolute atomic E-state index is 0.271. The fourth-order valence-corrected chi connectivity index (χ4v) is 5.33. The summed E-state index contributed by atoms with van der Waals surface area (Å²) in [6, 6.07) is 0.271. The fraction of sp³-hybridized carbons (Fsp3) is 0.846. The molecule has 0 aliphatic carbocycles. The zero-order chi connectivity index (χ0) is 13.2. The lowest BCUT2D eigenvalue weighted by Gasteiger charge is -2.29. The molecule has 4 atom stereocenters. The van der Waals surface area contributed by atoms with Gasteiger partial charge in [-0.2, -0.15) is 16.7 Å². The van der Waals surface area contributed by atoms with E-state index in [1.165, 1.54) is 12.8 Å². The van der Waals surface area contributed by atoms with Crippen LogP contribution in [-0.4, -0.2) is 32.9 Å². The highest BCUT2D eigenvalue weighted by atomic mass is 32.2. The van der Waals surface area contributed by atoms with Crippen LogP contribution in [0.1, 0.15) is 56.1 Å². The van der Waals surface area contributed by atoms with Crippen LogP contribution in [0.3, 0.4) is 0 Å². The first-order valence-corrected chi connectivity index (χ1v) is 9.07. The second kappa shape index (κ2) is 6.06. The number of aromatic nitrogens is 2. The molecular formula is C13H21N3OS2. The molecule has 0 amide bonds. The maximum Gasteiger partial charge on any atom is 0.243 e. The van der Waals surface area contributed by atoms with Gasteiger partial charge in [-0.3, -0.25) is 0 Å². The number of nitrogens with one attached hydrogen (secondary N) is 1. The highest BCUT2D eigenvalue weighted by Crippen LogP contribution is 2.43. The third-order valence-corrected chi connectivity index (χ3v) is 7.29. The summed E-state index contributed by atoms with van der Waals surface area (Å²) in [6.07, 6.45) is 3.61. The van der Waals surface area contributed by atoms with Gasteiger partial charge in [-0.15, -0.1) is 11.8 Å². The average molecular weight is 299 g/mol. The summed E-state index contributed by atoms with van der Waals surface area (Å²) in [4.78, 5) is 4.64. The van der Waals surface area contributed by atoms with Crippen LogP contribution in [0, 0.1) is 0 Å². The van der Waals surface area contributed by atoms with E-state index < -0.39 is 0 Å². The zero-order valence-electron chi connectivity index (χ0n) is 11.5. The van der Waals surface area contributed by atoms with Gasteiger partial charge in [0.05, 0.1) is 11.3 Å². The summed E-state index contributed by atoms with van der Waals surface area (Å²) in [7, 11) is 0. The SMILES string of the molecule is CC1SCC(c2noc(C3CCCCN3)n2)SC1C. The molecular weight excluding hydrogens is 278 g/mol. The van der Waals surface area contributed by atoms with Crippen molar-refractivity contribution < 1.29 is 4.52 Å². The average Bonchev–Trinajstić information content (AvgIpc) is 2.93. The number of nitrogens with zero attached hydrogens (tertiary/aromatic N) is 2. The zero-order valence-corrected chi connectivity index (χ0v) is 13.1. The van der Waals surface area contributed by atoms with E-state index in [2.05, 4.69) is 29.3 Å². The van der Waals surface area contributed by atoms with E-state index in [9.17, 15) is 0 Å². The molecule has 3 rings (SSSR count). The normalized spacial score (nSPS) is 36.3. The van der Waals surface area contributed by atoms with E-state index in [0.29, 0.717) is 15.7 Å². The number of thioether (sulfide) groups is 2. The molecule has 1 N–H and O–H groups in total. The van der Waals surface area contributed by atoms with Crippen molar-refractivity contribution in [1.82, 2.24) is 15.5 Å². The van der Waals surface area contributed by atoms with Crippen LogP contribution in [0.15, 0.2) is 4.52 Å². The molecule has 0 aromatic carbocycles. The first-order valence-electron chi connectivity index (χ1n) is 7.08. The van der Waals surface area contributed by atoms with E-state index >= 15 is 0 Å². The van der Waals surface area contributed by atoms with Gasteiger partial charge in [-0.05, 0) is 19.4 Å². The van der Waals surface area contributed by atoms with Gasteiger partial charge in [-0.25, -0.2) is 0 Å². The molecule has 2 aliphatic rings. The Morgan fingerprint density at radius 3 is 2.89 bits per heavy atom. The maximum atomic E-state index is 5.47. The molecule has 0 spiro atoms. The summed E-state index contributed by atoms with van der Waals surface area (Å²) in [6.45, 7) is 5.65. The molecule has 2 saturated heterocycles. The van der Waals surface area contributed by atoms with Crippen molar-refractivity contribution in [1.29, 1.82) is 0 Å². The third kappa shape index (κ3) is 3.11. The topological polar surface area (TPSA) is 51.0 Å². The molecule has 4 unspecified atom stereocenters. The molecule has 106 valence electrons. The molecule has 0 radical (unpaired) electrons. The van der Waals surface area contributed by atoms with E-state index in [1.807, 2.05) is 23.5 Å². The van der Waals surface area contributed by atoms with Gasteiger partial charge in [-0.1, -0.05) is 25.4 Å². The van der Waals surface area contributed by atoms with E-state index in [4.69, 9.17) is 4.52 Å². The maximum absolute atomic E-state index is 5.47. The molecule has 6 heteroatoms. The van der Waals surface area contributed by atoms with Crippen LogP contribution in [0.25, 0.3) is 0 Å². The molecule has 0 bridgehead atoms. The minimum Gasteiger partial charge on any atom is -0.338 e. The Hall–Kier alpha value is -0.200. The first-order chi connectivity index (χ1) is 9.24. The number of hydrogen-bond donors (Lipinski definition) is 1. The number of rotatable bonds is 2. The third-order valence-electron chi connectivity index (χ3n) is 3.90. The van der Waals surface area contributed by atoms with Crippen LogP contribution >= 0.6 is 23.5 Å². The Morgan fingerprint density at radius 2 is 2.16 bits per heavy atom. The Bertz CT molecular complexity index is 420. The first kappa shape index (κ1) is 13.8. The standard InChI is InChI=1S/C13H21N3OS2/c1-8-9(2)19-11(7-18-8)12-15-13(17-16-12)10-5-3-4-6-14-10/h8-11,14H,3-7H2,1-2H3. The van der Waals surface area contributed by atoms with Crippen molar-refractivity contribution in [2.75, 3.05) is 12.3 Å².